The molecule has 4 heteroatoms. The fourth-order valence-electron chi connectivity index (χ4n) is 2.09. The van der Waals surface area contributed by atoms with Gasteiger partial charge in [-0.2, -0.15) is 5.10 Å². The highest BCUT2D eigenvalue weighted by atomic mass is 19.1. The Morgan fingerprint density at radius 2 is 2.17 bits per heavy atom. The standard InChI is InChI=1S/C14H18FN3/c1-3-12-9-14(18(2)17-12)13(16)8-10-5-4-6-11(15)7-10/h4-7,9,13H,3,8,16H2,1-2H3. The average molecular weight is 247 g/mol. The van der Waals surface area contributed by atoms with Crippen molar-refractivity contribution in [3.63, 3.8) is 0 Å². The number of nitrogens with zero attached hydrogens (tertiary/aromatic N) is 2. The average Bonchev–Trinajstić information content (AvgIpc) is 2.70. The zero-order chi connectivity index (χ0) is 13.1. The molecule has 0 saturated carbocycles. The molecule has 0 fully saturated rings. The molecule has 0 amide bonds. The monoisotopic (exact) mass is 247 g/mol. The van der Waals surface area contributed by atoms with Crippen molar-refractivity contribution < 1.29 is 4.39 Å². The topological polar surface area (TPSA) is 43.8 Å². The van der Waals surface area contributed by atoms with Crippen molar-refractivity contribution in [2.24, 2.45) is 12.8 Å². The van der Waals surface area contributed by atoms with Gasteiger partial charge in [0.15, 0.2) is 0 Å². The minimum Gasteiger partial charge on any atom is -0.322 e. The van der Waals surface area contributed by atoms with Crippen molar-refractivity contribution in [2.45, 2.75) is 25.8 Å². The van der Waals surface area contributed by atoms with Gasteiger partial charge in [0.25, 0.3) is 0 Å². The van der Waals surface area contributed by atoms with Crippen molar-refractivity contribution in [2.75, 3.05) is 0 Å². The molecule has 1 aromatic heterocycles. The third kappa shape index (κ3) is 2.76. The molecule has 0 spiro atoms. The molecule has 0 bridgehead atoms. The van der Waals surface area contributed by atoms with Gasteiger partial charge in [-0.3, -0.25) is 4.68 Å². The van der Waals surface area contributed by atoms with Crippen LogP contribution in [0.5, 0.6) is 0 Å². The highest BCUT2D eigenvalue weighted by molar-refractivity contribution is 5.21. The normalized spacial score (nSPS) is 12.7. The Morgan fingerprint density at radius 1 is 1.39 bits per heavy atom. The quantitative estimate of drug-likeness (QED) is 0.901. The fourth-order valence-corrected chi connectivity index (χ4v) is 2.09. The fraction of sp³-hybridized carbons (Fsp3) is 0.357. The summed E-state index contributed by atoms with van der Waals surface area (Å²) in [5.74, 6) is -0.223. The second-order valence-electron chi connectivity index (χ2n) is 4.48. The van der Waals surface area contributed by atoms with E-state index in [2.05, 4.69) is 12.0 Å². The highest BCUT2D eigenvalue weighted by Crippen LogP contribution is 2.17. The molecule has 0 saturated heterocycles. The van der Waals surface area contributed by atoms with E-state index in [0.717, 1.165) is 23.4 Å². The van der Waals surface area contributed by atoms with Crippen LogP contribution in [0.15, 0.2) is 30.3 Å². The van der Waals surface area contributed by atoms with E-state index in [1.54, 1.807) is 6.07 Å². The minimum absolute atomic E-state index is 0.162. The summed E-state index contributed by atoms with van der Waals surface area (Å²) >= 11 is 0. The first-order valence-electron chi connectivity index (χ1n) is 6.13. The van der Waals surface area contributed by atoms with E-state index >= 15 is 0 Å². The first kappa shape index (κ1) is 12.8. The third-order valence-electron chi connectivity index (χ3n) is 3.05. The molecule has 0 aliphatic carbocycles. The van der Waals surface area contributed by atoms with Crippen LogP contribution in [0.3, 0.4) is 0 Å². The first-order chi connectivity index (χ1) is 8.60. The summed E-state index contributed by atoms with van der Waals surface area (Å²) in [5, 5.41) is 4.37. The molecule has 1 heterocycles. The minimum atomic E-state index is -0.223. The van der Waals surface area contributed by atoms with Crippen LogP contribution in [0.1, 0.15) is 29.9 Å². The molecule has 2 N–H and O–H groups in total. The summed E-state index contributed by atoms with van der Waals surface area (Å²) in [6, 6.07) is 8.41. The predicted octanol–water partition coefficient (Wildman–Crippen LogP) is 2.36. The van der Waals surface area contributed by atoms with E-state index in [4.69, 9.17) is 5.73 Å². The molecule has 0 aliphatic heterocycles. The molecule has 1 atom stereocenters. The zero-order valence-electron chi connectivity index (χ0n) is 10.7. The first-order valence-corrected chi connectivity index (χ1v) is 6.13. The van der Waals surface area contributed by atoms with Crippen LogP contribution in [0.25, 0.3) is 0 Å². The molecular weight excluding hydrogens is 229 g/mol. The van der Waals surface area contributed by atoms with E-state index in [0.29, 0.717) is 6.42 Å². The number of hydrogen-bond acceptors (Lipinski definition) is 2. The highest BCUT2D eigenvalue weighted by Gasteiger charge is 2.13. The maximum absolute atomic E-state index is 13.1. The number of benzene rings is 1. The zero-order valence-corrected chi connectivity index (χ0v) is 10.7. The summed E-state index contributed by atoms with van der Waals surface area (Å²) in [6.07, 6.45) is 1.50. The van der Waals surface area contributed by atoms with Crippen LogP contribution in [-0.4, -0.2) is 9.78 Å². The molecule has 2 aromatic rings. The molecule has 0 aliphatic rings. The number of aryl methyl sites for hydroxylation is 2. The lowest BCUT2D eigenvalue weighted by Gasteiger charge is -2.12. The van der Waals surface area contributed by atoms with E-state index in [9.17, 15) is 4.39 Å². The Kier molecular flexibility index (Phi) is 3.77. The number of hydrogen-bond donors (Lipinski definition) is 1. The van der Waals surface area contributed by atoms with Crippen LogP contribution in [0.2, 0.25) is 0 Å². The van der Waals surface area contributed by atoms with Crippen molar-refractivity contribution in [3.05, 3.63) is 53.1 Å². The van der Waals surface area contributed by atoms with Gasteiger partial charge in [0.05, 0.1) is 17.4 Å². The van der Waals surface area contributed by atoms with Crippen LogP contribution >= 0.6 is 0 Å². The third-order valence-corrected chi connectivity index (χ3v) is 3.05. The van der Waals surface area contributed by atoms with Crippen LogP contribution < -0.4 is 5.73 Å². The lowest BCUT2D eigenvalue weighted by molar-refractivity contribution is 0.603. The van der Waals surface area contributed by atoms with Gasteiger partial charge in [0, 0.05) is 7.05 Å². The Morgan fingerprint density at radius 3 is 2.78 bits per heavy atom. The van der Waals surface area contributed by atoms with Crippen molar-refractivity contribution >= 4 is 0 Å². The van der Waals surface area contributed by atoms with Crippen LogP contribution in [-0.2, 0) is 19.9 Å². The second-order valence-corrected chi connectivity index (χ2v) is 4.48. The van der Waals surface area contributed by atoms with Gasteiger partial charge in [-0.15, -0.1) is 0 Å². The molecule has 3 nitrogen and oxygen atoms in total. The Balaban J connectivity index is 2.16. The SMILES string of the molecule is CCc1cc(C(N)Cc2cccc(F)c2)n(C)n1. The van der Waals surface area contributed by atoms with Crippen LogP contribution in [0, 0.1) is 5.82 Å². The molecule has 1 unspecified atom stereocenters. The van der Waals surface area contributed by atoms with Crippen molar-refractivity contribution in [1.82, 2.24) is 9.78 Å². The van der Waals surface area contributed by atoms with Gasteiger partial charge in [-0.05, 0) is 36.6 Å². The van der Waals surface area contributed by atoms with E-state index in [1.165, 1.54) is 12.1 Å². The van der Waals surface area contributed by atoms with Gasteiger partial charge in [0.2, 0.25) is 0 Å². The molecule has 96 valence electrons. The maximum Gasteiger partial charge on any atom is 0.123 e. The van der Waals surface area contributed by atoms with Gasteiger partial charge in [-0.25, -0.2) is 4.39 Å². The predicted molar refractivity (Wildman–Crippen MR) is 69.6 cm³/mol. The molecule has 2 rings (SSSR count). The second kappa shape index (κ2) is 5.31. The van der Waals surface area contributed by atoms with E-state index < -0.39 is 0 Å². The molecule has 1 aromatic carbocycles. The number of aromatic nitrogens is 2. The van der Waals surface area contributed by atoms with Crippen LogP contribution in [0.4, 0.5) is 4.39 Å². The molecular formula is C14H18FN3. The van der Waals surface area contributed by atoms with Gasteiger partial charge >= 0.3 is 0 Å². The smallest absolute Gasteiger partial charge is 0.123 e. The summed E-state index contributed by atoms with van der Waals surface area (Å²) in [6.45, 7) is 2.06. The van der Waals surface area contributed by atoms with Gasteiger partial charge < -0.3 is 5.73 Å². The number of nitrogens with two attached hydrogens (primary N) is 1. The number of rotatable bonds is 4. The van der Waals surface area contributed by atoms with E-state index in [-0.39, 0.29) is 11.9 Å². The van der Waals surface area contributed by atoms with Gasteiger partial charge in [0.1, 0.15) is 5.82 Å². The summed E-state index contributed by atoms with van der Waals surface area (Å²) in [7, 11) is 1.89. The van der Waals surface area contributed by atoms with Crippen molar-refractivity contribution in [1.29, 1.82) is 0 Å². The van der Waals surface area contributed by atoms with E-state index in [1.807, 2.05) is 23.9 Å². The van der Waals surface area contributed by atoms with Gasteiger partial charge in [-0.1, -0.05) is 19.1 Å². The largest absolute Gasteiger partial charge is 0.322 e. The Hall–Kier alpha value is -1.68. The maximum atomic E-state index is 13.1. The Labute approximate surface area is 106 Å². The summed E-state index contributed by atoms with van der Waals surface area (Å²) < 4.78 is 14.9. The molecule has 18 heavy (non-hydrogen) atoms. The number of halogens is 1. The molecule has 0 radical (unpaired) electrons. The lowest BCUT2D eigenvalue weighted by atomic mass is 10.0. The van der Waals surface area contributed by atoms with Crippen molar-refractivity contribution in [3.8, 4) is 0 Å². The Bertz CT molecular complexity index is 534. The lowest BCUT2D eigenvalue weighted by Crippen LogP contribution is -2.17. The summed E-state index contributed by atoms with van der Waals surface area (Å²) in [4.78, 5) is 0. The summed E-state index contributed by atoms with van der Waals surface area (Å²) in [5.41, 5.74) is 9.08.